The van der Waals surface area contributed by atoms with Gasteiger partial charge < -0.3 is 14.6 Å². The molecule has 1 rings (SSSR count). The van der Waals surface area contributed by atoms with Gasteiger partial charge in [-0.3, -0.25) is 0 Å². The van der Waals surface area contributed by atoms with E-state index < -0.39 is 5.97 Å². The van der Waals surface area contributed by atoms with Crippen LogP contribution in [0.25, 0.3) is 0 Å². The first kappa shape index (κ1) is 11.7. The van der Waals surface area contributed by atoms with Crippen molar-refractivity contribution < 1.29 is 14.6 Å². The van der Waals surface area contributed by atoms with E-state index in [1.807, 2.05) is 13.8 Å². The third-order valence-corrected chi connectivity index (χ3v) is 2.34. The van der Waals surface area contributed by atoms with Crippen LogP contribution in [0.3, 0.4) is 0 Å². The van der Waals surface area contributed by atoms with Gasteiger partial charge in [0.25, 0.3) is 0 Å². The predicted octanol–water partition coefficient (Wildman–Crippen LogP) is 1.41. The summed E-state index contributed by atoms with van der Waals surface area (Å²) in [5.41, 5.74) is 0.0144. The van der Waals surface area contributed by atoms with E-state index in [0.29, 0.717) is 5.05 Å². The molecule has 1 aromatic carbocycles. The van der Waals surface area contributed by atoms with E-state index in [9.17, 15) is 9.90 Å². The largest absolute Gasteiger partial charge is 0.545 e. The topological polar surface area (TPSA) is 49.4 Å². The summed E-state index contributed by atoms with van der Waals surface area (Å²) in [7, 11) is 0. The van der Waals surface area contributed by atoms with Crippen LogP contribution in [-0.2, 0) is 0 Å². The Morgan fingerprint density at radius 3 is 2.53 bits per heavy atom. The van der Waals surface area contributed by atoms with Crippen LogP contribution in [-0.4, -0.2) is 11.0 Å². The number of carboxylic acid groups (broad SMARTS) is 1. The molecular formula is C11H11O3S-. The zero-order valence-corrected chi connectivity index (χ0v) is 9.34. The molecule has 0 aliphatic rings. The van der Waals surface area contributed by atoms with Crippen molar-refractivity contribution in [1.29, 1.82) is 0 Å². The number of rotatable bonds is 3. The molecule has 80 valence electrons. The average Bonchev–Trinajstić information content (AvgIpc) is 2.18. The summed E-state index contributed by atoms with van der Waals surface area (Å²) in [5.74, 6) is -0.969. The third kappa shape index (κ3) is 3.02. The molecule has 0 spiro atoms. The number of carbonyl (C=O) groups is 1. The maximum Gasteiger partial charge on any atom is 0.169 e. The Bertz CT molecular complexity index is 385. The molecule has 0 bridgehead atoms. The number of thiocarbonyl (C=S) groups is 1. The summed E-state index contributed by atoms with van der Waals surface area (Å²) in [6.45, 7) is 3.76. The van der Waals surface area contributed by atoms with Gasteiger partial charge in [-0.2, -0.15) is 0 Å². The SMILES string of the molecule is CC(C)C(=S)Oc1ccccc1C(=O)[O-]. The van der Waals surface area contributed by atoms with Crippen molar-refractivity contribution in [2.75, 3.05) is 0 Å². The summed E-state index contributed by atoms with van der Waals surface area (Å²) in [6, 6.07) is 6.27. The maximum absolute atomic E-state index is 10.7. The molecule has 0 saturated carbocycles. The van der Waals surface area contributed by atoms with Crippen LogP contribution in [0.15, 0.2) is 24.3 Å². The average molecular weight is 223 g/mol. The fourth-order valence-corrected chi connectivity index (χ4v) is 1.04. The molecule has 0 N–H and O–H groups in total. The van der Waals surface area contributed by atoms with Crippen LogP contribution < -0.4 is 9.84 Å². The normalized spacial score (nSPS) is 10.1. The van der Waals surface area contributed by atoms with Crippen molar-refractivity contribution in [3.05, 3.63) is 29.8 Å². The van der Waals surface area contributed by atoms with Gasteiger partial charge >= 0.3 is 0 Å². The lowest BCUT2D eigenvalue weighted by atomic mass is 10.2. The quantitative estimate of drug-likeness (QED) is 0.727. The van der Waals surface area contributed by atoms with E-state index in [4.69, 9.17) is 17.0 Å². The minimum absolute atomic E-state index is 0.0144. The molecule has 1 aromatic rings. The van der Waals surface area contributed by atoms with Gasteiger partial charge in [0.05, 0.1) is 5.97 Å². The van der Waals surface area contributed by atoms with E-state index >= 15 is 0 Å². The molecule has 0 atom stereocenters. The highest BCUT2D eigenvalue weighted by molar-refractivity contribution is 7.80. The van der Waals surface area contributed by atoms with E-state index in [0.717, 1.165) is 0 Å². The Morgan fingerprint density at radius 2 is 2.00 bits per heavy atom. The number of ether oxygens (including phenoxy) is 1. The summed E-state index contributed by atoms with van der Waals surface area (Å²) >= 11 is 4.97. The van der Waals surface area contributed by atoms with Crippen LogP contribution in [0.5, 0.6) is 5.75 Å². The molecule has 0 aliphatic heterocycles. The highest BCUT2D eigenvalue weighted by Crippen LogP contribution is 2.18. The lowest BCUT2D eigenvalue weighted by Gasteiger charge is -2.13. The second-order valence-corrected chi connectivity index (χ2v) is 3.76. The van der Waals surface area contributed by atoms with E-state index in [1.54, 1.807) is 18.2 Å². The van der Waals surface area contributed by atoms with Crippen LogP contribution >= 0.6 is 12.2 Å². The Morgan fingerprint density at radius 1 is 1.40 bits per heavy atom. The number of carbonyl (C=O) groups excluding carboxylic acids is 1. The maximum atomic E-state index is 10.7. The van der Waals surface area contributed by atoms with E-state index in [-0.39, 0.29) is 17.2 Å². The van der Waals surface area contributed by atoms with Gasteiger partial charge in [-0.25, -0.2) is 0 Å². The zero-order valence-electron chi connectivity index (χ0n) is 8.52. The Balaban J connectivity index is 2.94. The Hall–Kier alpha value is -1.42. The molecular weight excluding hydrogens is 212 g/mol. The number of aromatic carboxylic acids is 1. The zero-order chi connectivity index (χ0) is 11.4. The standard InChI is InChI=1S/C11H12O3S/c1-7(2)11(15)14-9-6-4-3-5-8(9)10(12)13/h3-7H,1-2H3,(H,12,13)/p-1. The van der Waals surface area contributed by atoms with Gasteiger partial charge in [0.15, 0.2) is 5.05 Å². The van der Waals surface area contributed by atoms with Gasteiger partial charge in [0.1, 0.15) is 5.75 Å². The number of para-hydroxylation sites is 1. The Labute approximate surface area is 93.7 Å². The number of hydrogen-bond acceptors (Lipinski definition) is 4. The monoisotopic (exact) mass is 223 g/mol. The molecule has 0 aliphatic carbocycles. The first-order chi connectivity index (χ1) is 7.02. The minimum atomic E-state index is -1.27. The van der Waals surface area contributed by atoms with E-state index in [1.165, 1.54) is 6.07 Å². The highest BCUT2D eigenvalue weighted by atomic mass is 32.1. The van der Waals surface area contributed by atoms with Gasteiger partial charge in [0.2, 0.25) is 0 Å². The van der Waals surface area contributed by atoms with E-state index in [2.05, 4.69) is 0 Å². The van der Waals surface area contributed by atoms with Crippen LogP contribution in [0.1, 0.15) is 24.2 Å². The van der Waals surface area contributed by atoms with Crippen molar-refractivity contribution in [3.8, 4) is 5.75 Å². The van der Waals surface area contributed by atoms with Crippen molar-refractivity contribution in [3.63, 3.8) is 0 Å². The first-order valence-corrected chi connectivity index (χ1v) is 4.95. The summed E-state index contributed by atoms with van der Waals surface area (Å²) in [5, 5.41) is 11.1. The second-order valence-electron chi connectivity index (χ2n) is 3.36. The first-order valence-electron chi connectivity index (χ1n) is 4.54. The second kappa shape index (κ2) is 4.89. The van der Waals surface area contributed by atoms with Gasteiger partial charge in [0, 0.05) is 11.5 Å². The molecule has 15 heavy (non-hydrogen) atoms. The summed E-state index contributed by atoms with van der Waals surface area (Å²) in [6.07, 6.45) is 0. The molecule has 0 unspecified atom stereocenters. The third-order valence-electron chi connectivity index (χ3n) is 1.79. The molecule has 3 nitrogen and oxygen atoms in total. The lowest BCUT2D eigenvalue weighted by Crippen LogP contribution is -2.24. The summed E-state index contributed by atoms with van der Waals surface area (Å²) < 4.78 is 5.28. The van der Waals surface area contributed by atoms with Crippen molar-refractivity contribution in [2.45, 2.75) is 13.8 Å². The van der Waals surface area contributed by atoms with Gasteiger partial charge in [-0.15, -0.1) is 0 Å². The molecule has 0 fully saturated rings. The molecule has 0 aromatic heterocycles. The van der Waals surface area contributed by atoms with Gasteiger partial charge in [-0.05, 0) is 24.4 Å². The number of hydrogen-bond donors (Lipinski definition) is 0. The van der Waals surface area contributed by atoms with Crippen molar-refractivity contribution in [2.24, 2.45) is 5.92 Å². The number of carboxylic acids is 1. The van der Waals surface area contributed by atoms with Crippen molar-refractivity contribution >= 4 is 23.2 Å². The van der Waals surface area contributed by atoms with Crippen molar-refractivity contribution in [1.82, 2.24) is 0 Å². The molecule has 0 radical (unpaired) electrons. The Kier molecular flexibility index (Phi) is 3.80. The smallest absolute Gasteiger partial charge is 0.169 e. The molecule has 0 amide bonds. The molecule has 0 saturated heterocycles. The predicted molar refractivity (Wildman–Crippen MR) is 58.8 cm³/mol. The lowest BCUT2D eigenvalue weighted by molar-refractivity contribution is -0.255. The van der Waals surface area contributed by atoms with Crippen LogP contribution in [0, 0.1) is 5.92 Å². The molecule has 0 heterocycles. The highest BCUT2D eigenvalue weighted by Gasteiger charge is 2.09. The fraction of sp³-hybridized carbons (Fsp3) is 0.273. The molecule has 4 heteroatoms. The van der Waals surface area contributed by atoms with Crippen LogP contribution in [0.2, 0.25) is 0 Å². The van der Waals surface area contributed by atoms with Crippen LogP contribution in [0.4, 0.5) is 0 Å². The fourth-order valence-electron chi connectivity index (χ4n) is 0.951. The summed E-state index contributed by atoms with van der Waals surface area (Å²) in [4.78, 5) is 10.7. The van der Waals surface area contributed by atoms with Gasteiger partial charge in [-0.1, -0.05) is 26.0 Å². The number of benzene rings is 1. The minimum Gasteiger partial charge on any atom is -0.545 e.